The van der Waals surface area contributed by atoms with Gasteiger partial charge in [-0.15, -0.1) is 10.2 Å². The van der Waals surface area contributed by atoms with Gasteiger partial charge in [-0.2, -0.15) is 5.26 Å². The molecule has 0 atom stereocenters. The van der Waals surface area contributed by atoms with Crippen LogP contribution in [0.5, 0.6) is 0 Å². The molecule has 0 aliphatic carbocycles. The van der Waals surface area contributed by atoms with Crippen molar-refractivity contribution in [2.75, 3.05) is 0 Å². The fraction of sp³-hybridized carbons (Fsp3) is 0. The van der Waals surface area contributed by atoms with Crippen molar-refractivity contribution >= 4 is 29.1 Å². The van der Waals surface area contributed by atoms with Gasteiger partial charge in [-0.05, 0) is 48.5 Å². The van der Waals surface area contributed by atoms with Crippen LogP contribution in [0, 0.1) is 21.6 Å². The Morgan fingerprint density at radius 1 is 0.676 bits per heavy atom. The van der Waals surface area contributed by atoms with E-state index in [0.717, 1.165) is 15.9 Å². The van der Waals surface area contributed by atoms with Crippen LogP contribution in [0.3, 0.4) is 0 Å². The second kappa shape index (κ2) is 12.9. The lowest BCUT2D eigenvalue weighted by molar-refractivity contribution is -2.00. The van der Waals surface area contributed by atoms with Crippen molar-refractivity contribution in [1.29, 1.82) is 5.26 Å². The van der Waals surface area contributed by atoms with E-state index in [0.29, 0.717) is 11.0 Å². The van der Waals surface area contributed by atoms with Gasteiger partial charge >= 0.3 is 0 Å². The molecule has 0 unspecified atom stereocenters. The van der Waals surface area contributed by atoms with E-state index in [1.165, 1.54) is 6.08 Å². The summed E-state index contributed by atoms with van der Waals surface area (Å²) in [7, 11) is -7.49. The largest absolute Gasteiger partial charge is 0.291 e. The average molecular weight is 533 g/mol. The molecule has 0 saturated heterocycles. The van der Waals surface area contributed by atoms with E-state index < -0.39 is 17.5 Å². The van der Waals surface area contributed by atoms with Gasteiger partial charge in [0.2, 0.25) is 0 Å². The molecule has 0 fully saturated rings. The summed E-state index contributed by atoms with van der Waals surface area (Å²) in [5.41, 5.74) is 1.15. The van der Waals surface area contributed by atoms with Gasteiger partial charge in [0.1, 0.15) is 15.9 Å². The Hall–Kier alpha value is -3.86. The van der Waals surface area contributed by atoms with Crippen LogP contribution in [0.2, 0.25) is 0 Å². The minimum Gasteiger partial charge on any atom is -0.291 e. The summed E-state index contributed by atoms with van der Waals surface area (Å²) in [5, 5.41) is 16.1. The summed E-state index contributed by atoms with van der Waals surface area (Å²) in [6, 6.07) is 41.7. The van der Waals surface area contributed by atoms with E-state index in [9.17, 15) is 10.1 Å². The number of nitrogens with zero attached hydrogens (tertiary/aromatic N) is 1. The number of hydrogen-bond acceptors (Lipinski definition) is 6. The molecule has 1 amide bonds. The van der Waals surface area contributed by atoms with Crippen molar-refractivity contribution in [3.8, 4) is 6.07 Å². The first-order chi connectivity index (χ1) is 17.8. The molecule has 186 valence electrons. The lowest BCUT2D eigenvalue weighted by Crippen LogP contribution is -2.68. The fourth-order valence-corrected chi connectivity index (χ4v) is 7.98. The number of rotatable bonds is 6. The second-order valence-corrected chi connectivity index (χ2v) is 11.7. The van der Waals surface area contributed by atoms with Gasteiger partial charge in [-0.3, -0.25) is 10.1 Å². The van der Waals surface area contributed by atoms with Gasteiger partial charge in [0, 0.05) is 5.56 Å². The van der Waals surface area contributed by atoms with E-state index in [-0.39, 0.29) is 5.91 Å². The lowest BCUT2D eigenvalue weighted by atomic mass is 10.2. The van der Waals surface area contributed by atoms with Crippen molar-refractivity contribution in [3.05, 3.63) is 138 Å². The van der Waals surface area contributed by atoms with Crippen molar-refractivity contribution in [2.45, 2.75) is 0 Å². The van der Waals surface area contributed by atoms with Gasteiger partial charge in [0.05, 0.1) is 12.1 Å². The number of allylic oxidation sites excluding steroid dienone is 1. The predicted molar refractivity (Wildman–Crippen MR) is 133 cm³/mol. The number of carbonyl (C=O) groups is 1. The van der Waals surface area contributed by atoms with E-state index in [4.69, 9.17) is 18.6 Å². The van der Waals surface area contributed by atoms with Crippen LogP contribution in [-0.4, -0.2) is 5.91 Å². The Kier molecular flexibility index (Phi) is 9.67. The Labute approximate surface area is 217 Å². The number of carbonyl (C=O) groups excluding carboxylic acids is 1. The molecule has 1 N–H and O–H groups in total. The maximum absolute atomic E-state index is 13.2. The highest BCUT2D eigenvalue weighted by Gasteiger charge is 2.50. The van der Waals surface area contributed by atoms with E-state index in [2.05, 4.69) is 47.8 Å². The lowest BCUT2D eigenvalue weighted by Gasteiger charge is -2.29. The molecular weight excluding hydrogens is 511 g/mol. The van der Waals surface area contributed by atoms with Gasteiger partial charge < -0.3 is 0 Å². The molecular formula is C28H22ClN2O5P. The van der Waals surface area contributed by atoms with Gasteiger partial charge in [-0.25, -0.2) is 18.6 Å². The number of nitrogens with one attached hydrogen (secondary N) is 1. The van der Waals surface area contributed by atoms with Crippen molar-refractivity contribution < 1.29 is 33.7 Å². The first-order valence-electron chi connectivity index (χ1n) is 10.9. The monoisotopic (exact) mass is 532 g/mol. The van der Waals surface area contributed by atoms with Gasteiger partial charge in [0.25, 0.3) is 5.91 Å². The van der Waals surface area contributed by atoms with Crippen LogP contribution in [-0.2, 0) is 0 Å². The molecule has 37 heavy (non-hydrogen) atoms. The first kappa shape index (κ1) is 27.7. The van der Waals surface area contributed by atoms with Crippen LogP contribution in [0.4, 0.5) is 0 Å². The quantitative estimate of drug-likeness (QED) is 0.274. The summed E-state index contributed by atoms with van der Waals surface area (Å²) >= 11 is 0. The number of benzene rings is 4. The molecule has 4 aromatic carbocycles. The number of amides is 1. The highest BCUT2D eigenvalue weighted by Crippen LogP contribution is 2.61. The average Bonchev–Trinajstić information content (AvgIpc) is 2.91. The Morgan fingerprint density at radius 3 is 1.32 bits per heavy atom. The summed E-state index contributed by atoms with van der Waals surface area (Å²) in [6.45, 7) is 0. The zero-order valence-corrected chi connectivity index (χ0v) is 21.1. The molecule has 0 aromatic heterocycles. The summed E-state index contributed by atoms with van der Waals surface area (Å²) in [6.07, 6.45) is 1.49. The van der Waals surface area contributed by atoms with Crippen LogP contribution in [0.15, 0.2) is 133 Å². The SMILES string of the molecule is N#CC=C(NC(=O)c1ccccc1)[P+](c1ccccc1)(c1ccccc1)c1ccccc1.[O-][Cl+3]([O-])([O-])[O-]. The standard InChI is InChI=1S/C28H21N2OP.ClHO4/c29-22-21-27(30-28(31)23-13-5-1-6-14-23)32(24-15-7-2-8-16-24,25-17-9-3-10-18-25)26-19-11-4-12-20-26;2-1(3,4)5/h1-21H;(H,2,3,4,5). The normalized spacial score (nSPS) is 11.5. The van der Waals surface area contributed by atoms with Crippen molar-refractivity contribution in [2.24, 2.45) is 0 Å². The Morgan fingerprint density at radius 2 is 1.00 bits per heavy atom. The summed E-state index contributed by atoms with van der Waals surface area (Å²) < 4.78 is 34.0. The highest BCUT2D eigenvalue weighted by atomic mass is 35.7. The van der Waals surface area contributed by atoms with Gasteiger partial charge in [-0.1, -0.05) is 72.8 Å². The smallest absolute Gasteiger partial charge is 0.258 e. The third-order valence-corrected chi connectivity index (χ3v) is 9.45. The molecule has 0 bridgehead atoms. The minimum atomic E-state index is -4.94. The molecule has 0 heterocycles. The van der Waals surface area contributed by atoms with E-state index >= 15 is 0 Å². The fourth-order valence-electron chi connectivity index (χ4n) is 3.88. The molecule has 0 aliphatic heterocycles. The maximum Gasteiger partial charge on any atom is 0.258 e. The molecule has 0 aliphatic rings. The van der Waals surface area contributed by atoms with E-state index in [1.807, 2.05) is 72.8 Å². The molecule has 0 saturated carbocycles. The minimum absolute atomic E-state index is 0.237. The maximum atomic E-state index is 13.2. The second-order valence-electron chi connectivity index (χ2n) is 7.53. The number of halogens is 1. The first-order valence-corrected chi connectivity index (χ1v) is 13.9. The Balaban J connectivity index is 0.000000695. The van der Waals surface area contributed by atoms with Crippen LogP contribution in [0.25, 0.3) is 0 Å². The summed E-state index contributed by atoms with van der Waals surface area (Å²) in [4.78, 5) is 13.2. The third kappa shape index (κ3) is 7.32. The zero-order chi connectivity index (χ0) is 26.7. The summed E-state index contributed by atoms with van der Waals surface area (Å²) in [5.74, 6) is -0.237. The highest BCUT2D eigenvalue weighted by molar-refractivity contribution is 7.99. The predicted octanol–water partition coefficient (Wildman–Crippen LogP) is 0.0195. The van der Waals surface area contributed by atoms with Crippen LogP contribution < -0.4 is 39.9 Å². The Bertz CT molecular complexity index is 1260. The zero-order valence-electron chi connectivity index (χ0n) is 19.4. The van der Waals surface area contributed by atoms with E-state index in [1.54, 1.807) is 12.1 Å². The van der Waals surface area contributed by atoms with Gasteiger partial charge in [0.15, 0.2) is 12.7 Å². The molecule has 4 rings (SSSR count). The number of hydrogen-bond donors (Lipinski definition) is 1. The van der Waals surface area contributed by atoms with Crippen molar-refractivity contribution in [3.63, 3.8) is 0 Å². The van der Waals surface area contributed by atoms with Crippen LogP contribution in [0.1, 0.15) is 10.4 Å². The third-order valence-electron chi connectivity index (χ3n) is 5.27. The van der Waals surface area contributed by atoms with Crippen LogP contribution >= 0.6 is 7.26 Å². The number of nitriles is 1. The molecule has 0 radical (unpaired) electrons. The van der Waals surface area contributed by atoms with Crippen molar-refractivity contribution in [1.82, 2.24) is 5.32 Å². The molecule has 0 spiro atoms. The molecule has 7 nitrogen and oxygen atoms in total. The molecule has 4 aromatic rings. The topological polar surface area (TPSA) is 145 Å². The molecule has 9 heteroatoms.